The van der Waals surface area contributed by atoms with E-state index in [0.29, 0.717) is 23.7 Å². The number of anilines is 1. The van der Waals surface area contributed by atoms with Gasteiger partial charge in [-0.3, -0.25) is 9.59 Å². The van der Waals surface area contributed by atoms with E-state index in [1.54, 1.807) is 17.0 Å². The molecule has 1 spiro atoms. The summed E-state index contributed by atoms with van der Waals surface area (Å²) >= 11 is 0. The second kappa shape index (κ2) is 6.72. The molecule has 0 aromatic heterocycles. The van der Waals surface area contributed by atoms with Crippen LogP contribution in [0.4, 0.5) is 5.69 Å². The van der Waals surface area contributed by atoms with Crippen LogP contribution in [0.5, 0.6) is 11.5 Å². The van der Waals surface area contributed by atoms with Gasteiger partial charge in [0.05, 0.1) is 31.0 Å². The Morgan fingerprint density at radius 3 is 2.90 bits per heavy atom. The number of carbonyl (C=O) groups excluding carboxylic acids is 2. The molecule has 4 atom stereocenters. The third-order valence-electron chi connectivity index (χ3n) is 6.04. The molecule has 2 amide bonds. The SMILES string of the molecule is COC(CNC(=O)C1C2C(=O)N(c3ccc4c(c3)OCO4)C[C@@]23C=C[C@H]1O3)OC. The van der Waals surface area contributed by atoms with E-state index >= 15 is 0 Å². The van der Waals surface area contributed by atoms with Crippen molar-refractivity contribution in [1.82, 2.24) is 5.32 Å². The van der Waals surface area contributed by atoms with E-state index in [0.717, 1.165) is 0 Å². The van der Waals surface area contributed by atoms with Crippen LogP contribution in [0, 0.1) is 11.8 Å². The van der Waals surface area contributed by atoms with E-state index in [-0.39, 0.29) is 25.2 Å². The highest BCUT2D eigenvalue weighted by Gasteiger charge is 2.67. The number of hydrogen-bond donors (Lipinski definition) is 1. The lowest BCUT2D eigenvalue weighted by Crippen LogP contribution is -2.46. The molecule has 1 N–H and O–H groups in total. The molecule has 9 heteroatoms. The zero-order chi connectivity index (χ0) is 20.2. The predicted molar refractivity (Wildman–Crippen MR) is 99.5 cm³/mol. The van der Waals surface area contributed by atoms with Crippen molar-refractivity contribution in [1.29, 1.82) is 0 Å². The average Bonchev–Trinajstić information content (AvgIpc) is 3.48. The first-order chi connectivity index (χ1) is 14.1. The van der Waals surface area contributed by atoms with E-state index in [1.807, 2.05) is 18.2 Å². The number of methoxy groups -OCH3 is 2. The first-order valence-corrected chi connectivity index (χ1v) is 9.48. The average molecular weight is 402 g/mol. The number of nitrogens with zero attached hydrogens (tertiary/aromatic N) is 1. The Hall–Kier alpha value is -2.62. The number of hydrogen-bond acceptors (Lipinski definition) is 7. The normalized spacial score (nSPS) is 31.1. The minimum atomic E-state index is -0.790. The molecule has 1 aromatic carbocycles. The van der Waals surface area contributed by atoms with Crippen LogP contribution in [-0.2, 0) is 23.8 Å². The Balaban J connectivity index is 1.38. The molecule has 2 saturated heterocycles. The molecule has 29 heavy (non-hydrogen) atoms. The Morgan fingerprint density at radius 1 is 1.31 bits per heavy atom. The van der Waals surface area contributed by atoms with Crippen LogP contribution in [0.1, 0.15) is 0 Å². The second-order valence-corrected chi connectivity index (χ2v) is 7.51. The monoisotopic (exact) mass is 402 g/mol. The summed E-state index contributed by atoms with van der Waals surface area (Å²) in [6, 6.07) is 5.38. The van der Waals surface area contributed by atoms with Crippen molar-refractivity contribution in [2.24, 2.45) is 11.8 Å². The zero-order valence-electron chi connectivity index (χ0n) is 16.1. The van der Waals surface area contributed by atoms with Crippen LogP contribution in [0.25, 0.3) is 0 Å². The van der Waals surface area contributed by atoms with Crippen molar-refractivity contribution < 1.29 is 33.3 Å². The van der Waals surface area contributed by atoms with E-state index in [1.165, 1.54) is 14.2 Å². The number of amides is 2. The molecular weight excluding hydrogens is 380 g/mol. The third-order valence-corrected chi connectivity index (χ3v) is 6.04. The summed E-state index contributed by atoms with van der Waals surface area (Å²) in [7, 11) is 3.00. The van der Waals surface area contributed by atoms with Gasteiger partial charge < -0.3 is 33.9 Å². The lowest BCUT2D eigenvalue weighted by atomic mass is 9.77. The molecule has 4 heterocycles. The summed E-state index contributed by atoms with van der Waals surface area (Å²) in [5, 5.41) is 2.82. The van der Waals surface area contributed by atoms with E-state index in [9.17, 15) is 9.59 Å². The number of rotatable bonds is 6. The van der Waals surface area contributed by atoms with Crippen molar-refractivity contribution in [3.05, 3.63) is 30.4 Å². The fraction of sp³-hybridized carbons (Fsp3) is 0.500. The van der Waals surface area contributed by atoms with Crippen LogP contribution >= 0.6 is 0 Å². The Kier molecular flexibility index (Phi) is 4.27. The molecular formula is C20H22N2O7. The van der Waals surface area contributed by atoms with Gasteiger partial charge in [-0.1, -0.05) is 12.2 Å². The summed E-state index contributed by atoms with van der Waals surface area (Å²) < 4.78 is 27.1. The fourth-order valence-electron chi connectivity index (χ4n) is 4.63. The quantitative estimate of drug-likeness (QED) is 0.545. The molecule has 2 fully saturated rings. The van der Waals surface area contributed by atoms with Crippen LogP contribution < -0.4 is 19.7 Å². The fourth-order valence-corrected chi connectivity index (χ4v) is 4.63. The van der Waals surface area contributed by atoms with Gasteiger partial charge in [-0.05, 0) is 12.1 Å². The summed E-state index contributed by atoms with van der Waals surface area (Å²) in [5.41, 5.74) is -0.0938. The number of nitrogens with one attached hydrogen (secondary N) is 1. The zero-order valence-corrected chi connectivity index (χ0v) is 16.1. The predicted octanol–water partition coefficient (Wildman–Crippen LogP) is 0.437. The van der Waals surface area contributed by atoms with Gasteiger partial charge in [-0.15, -0.1) is 0 Å². The minimum Gasteiger partial charge on any atom is -0.454 e. The lowest BCUT2D eigenvalue weighted by Gasteiger charge is -2.24. The van der Waals surface area contributed by atoms with Crippen LogP contribution in [0.2, 0.25) is 0 Å². The van der Waals surface area contributed by atoms with E-state index in [2.05, 4.69) is 5.32 Å². The number of fused-ring (bicyclic) bond motifs is 2. The molecule has 5 rings (SSSR count). The molecule has 2 bridgehead atoms. The Labute approximate surface area is 167 Å². The van der Waals surface area contributed by atoms with Gasteiger partial charge in [0.1, 0.15) is 5.60 Å². The maximum absolute atomic E-state index is 13.3. The summed E-state index contributed by atoms with van der Waals surface area (Å²) in [6.07, 6.45) is 2.84. The van der Waals surface area contributed by atoms with Crippen molar-refractivity contribution in [2.75, 3.05) is 39.0 Å². The van der Waals surface area contributed by atoms with Crippen molar-refractivity contribution in [2.45, 2.75) is 18.0 Å². The van der Waals surface area contributed by atoms with Gasteiger partial charge in [-0.2, -0.15) is 0 Å². The minimum absolute atomic E-state index is 0.133. The molecule has 0 saturated carbocycles. The molecule has 154 valence electrons. The Morgan fingerprint density at radius 2 is 2.10 bits per heavy atom. The number of ether oxygens (including phenoxy) is 5. The Bertz CT molecular complexity index is 884. The number of carbonyl (C=O) groups is 2. The second-order valence-electron chi connectivity index (χ2n) is 7.51. The van der Waals surface area contributed by atoms with Crippen molar-refractivity contribution >= 4 is 17.5 Å². The standard InChI is InChI=1S/C20H22N2O7/c1-25-15(26-2)8-21-18(23)16-13-5-6-20(29-13)9-22(19(24)17(16)20)11-3-4-12-14(7-11)28-10-27-12/h3-7,13,15-17H,8-10H2,1-2H3,(H,21,23)/t13-,16?,17?,20+/m1/s1. The first kappa shape index (κ1) is 18.4. The van der Waals surface area contributed by atoms with Crippen LogP contribution in [0.3, 0.4) is 0 Å². The first-order valence-electron chi connectivity index (χ1n) is 9.48. The van der Waals surface area contributed by atoms with Gasteiger partial charge in [-0.25, -0.2) is 0 Å². The van der Waals surface area contributed by atoms with Crippen LogP contribution in [0.15, 0.2) is 30.4 Å². The van der Waals surface area contributed by atoms with E-state index in [4.69, 9.17) is 23.7 Å². The number of benzene rings is 1. The molecule has 0 aliphatic carbocycles. The van der Waals surface area contributed by atoms with Gasteiger partial charge in [0.2, 0.25) is 18.6 Å². The highest BCUT2D eigenvalue weighted by Crippen LogP contribution is 2.53. The van der Waals surface area contributed by atoms with Crippen molar-refractivity contribution in [3.8, 4) is 11.5 Å². The molecule has 2 unspecified atom stereocenters. The molecule has 0 radical (unpaired) electrons. The van der Waals surface area contributed by atoms with Gasteiger partial charge in [0.25, 0.3) is 0 Å². The summed E-state index contributed by atoms with van der Waals surface area (Å²) in [4.78, 5) is 27.9. The molecule has 1 aromatic rings. The highest BCUT2D eigenvalue weighted by atomic mass is 16.7. The summed E-state index contributed by atoms with van der Waals surface area (Å²) in [5.74, 6) is -0.298. The van der Waals surface area contributed by atoms with Gasteiger partial charge in [0.15, 0.2) is 17.8 Å². The summed E-state index contributed by atoms with van der Waals surface area (Å²) in [6.45, 7) is 0.712. The third kappa shape index (κ3) is 2.72. The van der Waals surface area contributed by atoms with Crippen LogP contribution in [-0.4, -0.2) is 63.9 Å². The van der Waals surface area contributed by atoms with Gasteiger partial charge >= 0.3 is 0 Å². The maximum Gasteiger partial charge on any atom is 0.234 e. The highest BCUT2D eigenvalue weighted by molar-refractivity contribution is 6.03. The topological polar surface area (TPSA) is 95.6 Å². The van der Waals surface area contributed by atoms with E-state index < -0.39 is 29.8 Å². The lowest BCUT2D eigenvalue weighted by molar-refractivity contribution is -0.135. The maximum atomic E-state index is 13.3. The molecule has 4 aliphatic heterocycles. The smallest absolute Gasteiger partial charge is 0.234 e. The van der Waals surface area contributed by atoms with Gasteiger partial charge in [0, 0.05) is 26.0 Å². The molecule has 9 nitrogen and oxygen atoms in total. The largest absolute Gasteiger partial charge is 0.454 e. The molecule has 4 aliphatic rings. The van der Waals surface area contributed by atoms with Crippen molar-refractivity contribution in [3.63, 3.8) is 0 Å².